The third kappa shape index (κ3) is 4.32. The molecule has 3 unspecified atom stereocenters. The van der Waals surface area contributed by atoms with Crippen molar-refractivity contribution in [2.45, 2.75) is 133 Å². The molecule has 8 atom stereocenters. The predicted octanol–water partition coefficient (Wildman–Crippen LogP) is 8.41. The Hall–Kier alpha value is -1.91. The maximum absolute atomic E-state index is 13.8. The second kappa shape index (κ2) is 10.3. The van der Waals surface area contributed by atoms with E-state index in [2.05, 4.69) is 54.5 Å². The highest BCUT2D eigenvalue weighted by Gasteiger charge is 2.70. The normalized spacial score (nSPS) is 42.8. The van der Waals surface area contributed by atoms with E-state index in [1.807, 2.05) is 13.8 Å². The molecule has 5 aliphatic carbocycles. The molecule has 0 heterocycles. The third-order valence-corrected chi connectivity index (χ3v) is 13.8. The number of Topliss-reactive ketones (excluding diaryl/α,β-unsaturated/α-hetero) is 1. The number of carbonyl (C=O) groups excluding carboxylic acids is 3. The molecule has 0 aromatic carbocycles. The molecule has 0 saturated heterocycles. The first-order valence-corrected chi connectivity index (χ1v) is 16.8. The smallest absolute Gasteiger partial charge is 0.333 e. The number of allylic oxidation sites excluding steroid dienone is 3. The molecule has 5 heteroatoms. The van der Waals surface area contributed by atoms with Crippen LogP contribution in [0.25, 0.3) is 0 Å². The lowest BCUT2D eigenvalue weighted by Gasteiger charge is -2.72. The lowest BCUT2D eigenvalue weighted by atomic mass is 9.33. The minimum absolute atomic E-state index is 0.0164. The first-order valence-electron chi connectivity index (χ1n) is 16.8. The van der Waals surface area contributed by atoms with E-state index in [1.54, 1.807) is 6.92 Å². The van der Waals surface area contributed by atoms with Gasteiger partial charge in [-0.3, -0.25) is 9.59 Å². The van der Waals surface area contributed by atoms with Gasteiger partial charge in [0.25, 0.3) is 0 Å². The number of ketones is 1. The third-order valence-electron chi connectivity index (χ3n) is 13.8. The Morgan fingerprint density at radius 1 is 0.905 bits per heavy atom. The highest BCUT2D eigenvalue weighted by atomic mass is 16.5. The van der Waals surface area contributed by atoms with E-state index < -0.39 is 0 Å². The van der Waals surface area contributed by atoms with Crippen LogP contribution in [0.2, 0.25) is 0 Å². The second-order valence-electron chi connectivity index (χ2n) is 16.4. The standard InChI is InChI=1S/C37H56O5/c1-11-41-32(40)23(4)20-37-19-18-35(9)25(31(37)30(22(2)3)26(39)21-37)12-13-28-34(8)16-15-29(42-24(5)38)33(6,7)27(34)14-17-36(28,35)10/h20,22,25,27-29H,11-19,21H2,1-10H3/b23-20+/t25-,27?,28?,29?,34+,35-,36-,37-/m1/s1. The van der Waals surface area contributed by atoms with Gasteiger partial charge in [-0.25, -0.2) is 4.79 Å². The van der Waals surface area contributed by atoms with Crippen LogP contribution in [0.1, 0.15) is 127 Å². The summed E-state index contributed by atoms with van der Waals surface area (Å²) in [5, 5.41) is 0. The Labute approximate surface area is 254 Å². The Bertz CT molecular complexity index is 1220. The molecule has 234 valence electrons. The Morgan fingerprint density at radius 2 is 1.60 bits per heavy atom. The van der Waals surface area contributed by atoms with E-state index in [9.17, 15) is 14.4 Å². The van der Waals surface area contributed by atoms with Crippen molar-refractivity contribution in [1.29, 1.82) is 0 Å². The van der Waals surface area contributed by atoms with Gasteiger partial charge in [-0.05, 0) is 116 Å². The van der Waals surface area contributed by atoms with Crippen molar-refractivity contribution in [3.05, 3.63) is 22.8 Å². The monoisotopic (exact) mass is 580 g/mol. The zero-order chi connectivity index (χ0) is 31.0. The molecule has 42 heavy (non-hydrogen) atoms. The Kier molecular flexibility index (Phi) is 7.75. The van der Waals surface area contributed by atoms with E-state index in [-0.39, 0.29) is 56.8 Å². The van der Waals surface area contributed by atoms with Crippen LogP contribution in [0.3, 0.4) is 0 Å². The molecule has 0 aromatic heterocycles. The summed E-state index contributed by atoms with van der Waals surface area (Å²) in [7, 11) is 0. The lowest BCUT2D eigenvalue weighted by Crippen LogP contribution is -2.65. The van der Waals surface area contributed by atoms with Crippen LogP contribution >= 0.6 is 0 Å². The zero-order valence-electron chi connectivity index (χ0n) is 28.1. The quantitative estimate of drug-likeness (QED) is 0.241. The van der Waals surface area contributed by atoms with Crippen LogP contribution in [0.4, 0.5) is 0 Å². The highest BCUT2D eigenvalue weighted by Crippen LogP contribution is 2.77. The first-order chi connectivity index (χ1) is 19.5. The van der Waals surface area contributed by atoms with Gasteiger partial charge < -0.3 is 9.47 Å². The van der Waals surface area contributed by atoms with Crippen molar-refractivity contribution < 1.29 is 23.9 Å². The summed E-state index contributed by atoms with van der Waals surface area (Å²) in [6, 6.07) is 0. The summed E-state index contributed by atoms with van der Waals surface area (Å²) < 4.78 is 11.3. The fourth-order valence-electron chi connectivity index (χ4n) is 11.9. The van der Waals surface area contributed by atoms with E-state index in [4.69, 9.17) is 9.47 Å². The van der Waals surface area contributed by atoms with Gasteiger partial charge in [-0.1, -0.05) is 54.5 Å². The van der Waals surface area contributed by atoms with Crippen LogP contribution in [-0.2, 0) is 23.9 Å². The average Bonchev–Trinajstić information content (AvgIpc) is 3.18. The average molecular weight is 581 g/mol. The molecular formula is C37H56O5. The lowest BCUT2D eigenvalue weighted by molar-refractivity contribution is -0.232. The molecule has 0 amide bonds. The van der Waals surface area contributed by atoms with Gasteiger partial charge >= 0.3 is 11.9 Å². The van der Waals surface area contributed by atoms with Crippen LogP contribution in [0.15, 0.2) is 22.8 Å². The molecular weight excluding hydrogens is 524 g/mol. The van der Waals surface area contributed by atoms with Crippen molar-refractivity contribution >= 4 is 17.7 Å². The Morgan fingerprint density at radius 3 is 2.21 bits per heavy atom. The second-order valence-corrected chi connectivity index (χ2v) is 16.4. The molecule has 0 N–H and O–H groups in total. The predicted molar refractivity (Wildman–Crippen MR) is 165 cm³/mol. The van der Waals surface area contributed by atoms with Gasteiger partial charge in [0.15, 0.2) is 5.78 Å². The fraction of sp³-hybridized carbons (Fsp3) is 0.811. The minimum Gasteiger partial charge on any atom is -0.463 e. The molecule has 5 rings (SSSR count). The molecule has 0 spiro atoms. The van der Waals surface area contributed by atoms with Gasteiger partial charge in [0.05, 0.1) is 6.61 Å². The molecule has 5 aliphatic rings. The van der Waals surface area contributed by atoms with E-state index in [0.29, 0.717) is 36.4 Å². The molecule has 0 bridgehead atoms. The summed E-state index contributed by atoms with van der Waals surface area (Å²) in [5.74, 6) is 1.47. The van der Waals surface area contributed by atoms with Crippen LogP contribution in [0.5, 0.6) is 0 Å². The molecule has 4 saturated carbocycles. The summed E-state index contributed by atoms with van der Waals surface area (Å²) in [6.07, 6.45) is 11.2. The molecule has 5 nitrogen and oxygen atoms in total. The molecule has 0 aromatic rings. The number of fused-ring (bicyclic) bond motifs is 7. The number of esters is 2. The van der Waals surface area contributed by atoms with Crippen molar-refractivity contribution in [2.75, 3.05) is 6.61 Å². The summed E-state index contributed by atoms with van der Waals surface area (Å²) in [4.78, 5) is 38.5. The number of rotatable bonds is 5. The topological polar surface area (TPSA) is 69.7 Å². The molecule has 4 fully saturated rings. The fourth-order valence-corrected chi connectivity index (χ4v) is 11.9. The van der Waals surface area contributed by atoms with Gasteiger partial charge in [0.2, 0.25) is 0 Å². The van der Waals surface area contributed by atoms with Gasteiger partial charge in [0, 0.05) is 29.7 Å². The van der Waals surface area contributed by atoms with Gasteiger partial charge in [0.1, 0.15) is 6.10 Å². The molecule has 0 radical (unpaired) electrons. The van der Waals surface area contributed by atoms with E-state index >= 15 is 0 Å². The molecule has 0 aliphatic heterocycles. The van der Waals surface area contributed by atoms with Crippen molar-refractivity contribution in [3.63, 3.8) is 0 Å². The number of hydrogen-bond donors (Lipinski definition) is 0. The summed E-state index contributed by atoms with van der Waals surface area (Å²) in [5.41, 5.74) is 3.04. The zero-order valence-corrected chi connectivity index (χ0v) is 28.1. The van der Waals surface area contributed by atoms with E-state index in [1.165, 1.54) is 12.0 Å². The first kappa shape index (κ1) is 31.5. The summed E-state index contributed by atoms with van der Waals surface area (Å²) in [6.45, 7) is 22.4. The largest absolute Gasteiger partial charge is 0.463 e. The maximum Gasteiger partial charge on any atom is 0.333 e. The van der Waals surface area contributed by atoms with Crippen LogP contribution in [0, 0.1) is 50.7 Å². The number of ether oxygens (including phenoxy) is 2. The van der Waals surface area contributed by atoms with Crippen LogP contribution in [-0.4, -0.2) is 30.4 Å². The van der Waals surface area contributed by atoms with E-state index in [0.717, 1.165) is 50.5 Å². The van der Waals surface area contributed by atoms with Crippen molar-refractivity contribution in [1.82, 2.24) is 0 Å². The van der Waals surface area contributed by atoms with Gasteiger partial charge in [-0.2, -0.15) is 0 Å². The highest BCUT2D eigenvalue weighted by molar-refractivity contribution is 6.01. The SMILES string of the molecule is CCOC(=O)/C(C)=C/[C@@]12CC[C@]3(C)[C@H](CCC4[C@@]5(C)CCC(OC(C)=O)C(C)(C)C5CC[C@]43C)C1=C(C(C)C)C(=O)C2. The van der Waals surface area contributed by atoms with Crippen LogP contribution < -0.4 is 0 Å². The van der Waals surface area contributed by atoms with Gasteiger partial charge in [-0.15, -0.1) is 0 Å². The number of carbonyl (C=O) groups is 3. The maximum atomic E-state index is 13.8. The number of hydrogen-bond acceptors (Lipinski definition) is 5. The minimum atomic E-state index is -0.369. The van der Waals surface area contributed by atoms with Crippen molar-refractivity contribution in [3.8, 4) is 0 Å². The van der Waals surface area contributed by atoms with Crippen molar-refractivity contribution in [2.24, 2.45) is 50.7 Å². The Balaban J connectivity index is 1.56. The summed E-state index contributed by atoms with van der Waals surface area (Å²) >= 11 is 0.